The number of aryl methyl sites for hydroxylation is 1. The number of carbonyl (C=O) groups is 2. The van der Waals surface area contributed by atoms with Gasteiger partial charge < -0.3 is 4.74 Å². The van der Waals surface area contributed by atoms with E-state index in [0.717, 1.165) is 23.1 Å². The first-order chi connectivity index (χ1) is 8.56. The van der Waals surface area contributed by atoms with Crippen LogP contribution in [0.3, 0.4) is 0 Å². The van der Waals surface area contributed by atoms with Gasteiger partial charge in [0.2, 0.25) is 0 Å². The first kappa shape index (κ1) is 14.4. The van der Waals surface area contributed by atoms with E-state index in [2.05, 4.69) is 4.74 Å². The Morgan fingerprint density at radius 3 is 2.44 bits per heavy atom. The highest BCUT2D eigenvalue weighted by molar-refractivity contribution is 5.97. The lowest BCUT2D eigenvalue weighted by Gasteiger charge is -2.07. The molecule has 0 aliphatic heterocycles. The topological polar surface area (TPSA) is 43.4 Å². The van der Waals surface area contributed by atoms with Crippen molar-refractivity contribution >= 4 is 11.8 Å². The van der Waals surface area contributed by atoms with Gasteiger partial charge in [-0.15, -0.1) is 0 Å². The molecule has 0 heterocycles. The molecule has 0 fully saturated rings. The molecule has 0 bridgehead atoms. The van der Waals surface area contributed by atoms with Gasteiger partial charge in [-0.25, -0.2) is 0 Å². The zero-order valence-corrected chi connectivity index (χ0v) is 11.3. The van der Waals surface area contributed by atoms with Gasteiger partial charge in [0.1, 0.15) is 0 Å². The molecule has 0 atom stereocenters. The van der Waals surface area contributed by atoms with Crippen molar-refractivity contribution in [1.29, 1.82) is 0 Å². The fourth-order valence-corrected chi connectivity index (χ4v) is 1.84. The Labute approximate surface area is 108 Å². The zero-order chi connectivity index (χ0) is 13.5. The summed E-state index contributed by atoms with van der Waals surface area (Å²) in [6.07, 6.45) is 2.29. The number of ether oxygens (including phenoxy) is 1. The second-order valence-corrected chi connectivity index (χ2v) is 4.45. The average Bonchev–Trinajstić information content (AvgIpc) is 2.37. The van der Waals surface area contributed by atoms with Crippen molar-refractivity contribution in [2.75, 3.05) is 7.11 Å². The SMILES string of the molecule is COC(=O)CCCCC(=O)c1cccc(C)c1C. The molecule has 0 amide bonds. The number of hydrogen-bond donors (Lipinski definition) is 0. The zero-order valence-electron chi connectivity index (χ0n) is 11.3. The van der Waals surface area contributed by atoms with Crippen molar-refractivity contribution in [1.82, 2.24) is 0 Å². The van der Waals surface area contributed by atoms with E-state index < -0.39 is 0 Å². The van der Waals surface area contributed by atoms with Crippen LogP contribution in [0.25, 0.3) is 0 Å². The number of carbonyl (C=O) groups excluding carboxylic acids is 2. The van der Waals surface area contributed by atoms with Crippen molar-refractivity contribution in [3.63, 3.8) is 0 Å². The molecular weight excluding hydrogens is 228 g/mol. The fourth-order valence-electron chi connectivity index (χ4n) is 1.84. The van der Waals surface area contributed by atoms with Gasteiger partial charge in [0.05, 0.1) is 7.11 Å². The molecule has 0 saturated carbocycles. The molecule has 0 aliphatic carbocycles. The molecule has 0 unspecified atom stereocenters. The first-order valence-electron chi connectivity index (χ1n) is 6.22. The molecule has 0 saturated heterocycles. The van der Waals surface area contributed by atoms with E-state index in [-0.39, 0.29) is 11.8 Å². The number of ketones is 1. The average molecular weight is 248 g/mol. The highest BCUT2D eigenvalue weighted by Gasteiger charge is 2.10. The normalized spacial score (nSPS) is 10.2. The summed E-state index contributed by atoms with van der Waals surface area (Å²) in [5.41, 5.74) is 2.99. The van der Waals surface area contributed by atoms with Gasteiger partial charge in [0.15, 0.2) is 5.78 Å². The van der Waals surface area contributed by atoms with Crippen LogP contribution in [0.5, 0.6) is 0 Å². The Morgan fingerprint density at radius 1 is 1.11 bits per heavy atom. The first-order valence-corrected chi connectivity index (χ1v) is 6.22. The Morgan fingerprint density at radius 2 is 1.78 bits per heavy atom. The minimum atomic E-state index is -0.214. The maximum Gasteiger partial charge on any atom is 0.305 e. The van der Waals surface area contributed by atoms with Gasteiger partial charge in [-0.1, -0.05) is 18.2 Å². The lowest BCUT2D eigenvalue weighted by atomic mass is 9.97. The third-order valence-electron chi connectivity index (χ3n) is 3.17. The number of unbranched alkanes of at least 4 members (excludes halogenated alkanes) is 1. The summed E-state index contributed by atoms with van der Waals surface area (Å²) in [6, 6.07) is 5.78. The summed E-state index contributed by atoms with van der Waals surface area (Å²) in [6.45, 7) is 3.97. The molecule has 0 aromatic heterocycles. The molecule has 3 nitrogen and oxygen atoms in total. The quantitative estimate of drug-likeness (QED) is 0.441. The van der Waals surface area contributed by atoms with E-state index in [0.29, 0.717) is 19.3 Å². The maximum absolute atomic E-state index is 12.0. The molecule has 1 aromatic carbocycles. The van der Waals surface area contributed by atoms with Crippen LogP contribution in [0.1, 0.15) is 47.2 Å². The number of benzene rings is 1. The van der Waals surface area contributed by atoms with Crippen LogP contribution in [-0.4, -0.2) is 18.9 Å². The van der Waals surface area contributed by atoms with Gasteiger partial charge in [0.25, 0.3) is 0 Å². The second kappa shape index (κ2) is 6.94. The highest BCUT2D eigenvalue weighted by atomic mass is 16.5. The molecule has 0 spiro atoms. The van der Waals surface area contributed by atoms with Crippen molar-refractivity contribution < 1.29 is 14.3 Å². The Balaban J connectivity index is 2.46. The summed E-state index contributed by atoms with van der Waals surface area (Å²) in [5, 5.41) is 0. The van der Waals surface area contributed by atoms with Crippen molar-refractivity contribution in [2.45, 2.75) is 39.5 Å². The molecule has 3 heteroatoms. The molecule has 18 heavy (non-hydrogen) atoms. The van der Waals surface area contributed by atoms with E-state index in [1.807, 2.05) is 32.0 Å². The number of esters is 1. The van der Waals surface area contributed by atoms with Crippen LogP contribution in [-0.2, 0) is 9.53 Å². The number of rotatable bonds is 6. The van der Waals surface area contributed by atoms with Gasteiger partial charge >= 0.3 is 5.97 Å². The van der Waals surface area contributed by atoms with Crippen LogP contribution in [0.2, 0.25) is 0 Å². The largest absolute Gasteiger partial charge is 0.469 e. The van der Waals surface area contributed by atoms with E-state index in [4.69, 9.17) is 0 Å². The summed E-state index contributed by atoms with van der Waals surface area (Å²) >= 11 is 0. The molecule has 1 rings (SSSR count). The second-order valence-electron chi connectivity index (χ2n) is 4.45. The summed E-state index contributed by atoms with van der Waals surface area (Å²) in [5.74, 6) is -0.0600. The van der Waals surface area contributed by atoms with Gasteiger partial charge in [-0.05, 0) is 37.8 Å². The van der Waals surface area contributed by atoms with E-state index in [9.17, 15) is 9.59 Å². The Kier molecular flexibility index (Phi) is 5.56. The highest BCUT2D eigenvalue weighted by Crippen LogP contribution is 2.16. The third kappa shape index (κ3) is 3.99. The molecule has 0 aliphatic rings. The van der Waals surface area contributed by atoms with E-state index in [1.54, 1.807) is 0 Å². The Bertz CT molecular complexity index is 435. The molecular formula is C15H20O3. The molecule has 0 radical (unpaired) electrons. The van der Waals surface area contributed by atoms with Crippen LogP contribution in [0, 0.1) is 13.8 Å². The molecule has 98 valence electrons. The van der Waals surface area contributed by atoms with Gasteiger partial charge in [0, 0.05) is 18.4 Å². The van der Waals surface area contributed by atoms with Crippen molar-refractivity contribution in [3.8, 4) is 0 Å². The lowest BCUT2D eigenvalue weighted by molar-refractivity contribution is -0.140. The van der Waals surface area contributed by atoms with E-state index >= 15 is 0 Å². The Hall–Kier alpha value is -1.64. The minimum absolute atomic E-state index is 0.154. The van der Waals surface area contributed by atoms with Crippen LogP contribution >= 0.6 is 0 Å². The number of methoxy groups -OCH3 is 1. The summed E-state index contributed by atoms with van der Waals surface area (Å²) in [4.78, 5) is 22.9. The van der Waals surface area contributed by atoms with Gasteiger partial charge in [-0.3, -0.25) is 9.59 Å². The van der Waals surface area contributed by atoms with Crippen LogP contribution in [0.4, 0.5) is 0 Å². The summed E-state index contributed by atoms with van der Waals surface area (Å²) < 4.78 is 4.55. The summed E-state index contributed by atoms with van der Waals surface area (Å²) in [7, 11) is 1.38. The monoisotopic (exact) mass is 248 g/mol. The molecule has 1 aromatic rings. The number of hydrogen-bond acceptors (Lipinski definition) is 3. The maximum atomic E-state index is 12.0. The van der Waals surface area contributed by atoms with Crippen LogP contribution < -0.4 is 0 Å². The smallest absolute Gasteiger partial charge is 0.305 e. The fraction of sp³-hybridized carbons (Fsp3) is 0.467. The van der Waals surface area contributed by atoms with E-state index in [1.165, 1.54) is 7.11 Å². The van der Waals surface area contributed by atoms with Crippen molar-refractivity contribution in [2.24, 2.45) is 0 Å². The molecule has 0 N–H and O–H groups in total. The predicted octanol–water partition coefficient (Wildman–Crippen LogP) is 3.22. The predicted molar refractivity (Wildman–Crippen MR) is 70.7 cm³/mol. The standard InChI is InChI=1S/C15H20O3/c1-11-7-6-8-13(12(11)2)14(16)9-4-5-10-15(17)18-3/h6-8H,4-5,9-10H2,1-3H3. The minimum Gasteiger partial charge on any atom is -0.469 e. The van der Waals surface area contributed by atoms with Crippen molar-refractivity contribution in [3.05, 3.63) is 34.9 Å². The van der Waals surface area contributed by atoms with Crippen LogP contribution in [0.15, 0.2) is 18.2 Å². The van der Waals surface area contributed by atoms with Gasteiger partial charge in [-0.2, -0.15) is 0 Å². The number of Topliss-reactive ketones (excluding diaryl/α,β-unsaturated/α-hetero) is 1. The lowest BCUT2D eigenvalue weighted by Crippen LogP contribution is -2.04. The third-order valence-corrected chi connectivity index (χ3v) is 3.17.